The summed E-state index contributed by atoms with van der Waals surface area (Å²) in [5.74, 6) is 7.60. The third-order valence-electron chi connectivity index (χ3n) is 2.86. The average molecular weight is 299 g/mol. The van der Waals surface area contributed by atoms with Gasteiger partial charge in [0, 0.05) is 6.07 Å². The van der Waals surface area contributed by atoms with Crippen LogP contribution in [0.15, 0.2) is 41.0 Å². The molecule has 1 aromatic carbocycles. The molecule has 0 saturated heterocycles. The second-order valence-corrected chi connectivity index (χ2v) is 4.32. The highest BCUT2D eigenvalue weighted by molar-refractivity contribution is 5.91. The van der Waals surface area contributed by atoms with Gasteiger partial charge in [0.1, 0.15) is 12.4 Å². The van der Waals surface area contributed by atoms with E-state index >= 15 is 0 Å². The Balaban J connectivity index is 1.41. The summed E-state index contributed by atoms with van der Waals surface area (Å²) in [5.41, 5.74) is 0. The quantitative estimate of drug-likeness (QED) is 0.872. The monoisotopic (exact) mass is 299 g/mol. The normalized spacial score (nSPS) is 11.5. The van der Waals surface area contributed by atoms with E-state index < -0.39 is 0 Å². The molecule has 2 aromatic rings. The molecule has 0 saturated carbocycles. The summed E-state index contributed by atoms with van der Waals surface area (Å²) in [6.07, 6.45) is 1.44. The van der Waals surface area contributed by atoms with Gasteiger partial charge in [-0.05, 0) is 24.3 Å². The fourth-order valence-electron chi connectivity index (χ4n) is 1.82. The first kappa shape index (κ1) is 13.9. The van der Waals surface area contributed by atoms with E-state index in [0.717, 1.165) is 0 Å². The van der Waals surface area contributed by atoms with Gasteiger partial charge in [-0.3, -0.25) is 4.79 Å². The van der Waals surface area contributed by atoms with Crippen LogP contribution < -0.4 is 19.5 Å². The standard InChI is InChI=1S/C16H13NO5/c18-16(14-4-3-9-20-14)17-7-1-2-8-19-12-5-6-13-15(10-12)22-11-21-13/h3-6,9-10H,7-8,11H2,(H,17,18). The first-order valence-corrected chi connectivity index (χ1v) is 6.63. The fourth-order valence-corrected chi connectivity index (χ4v) is 1.82. The summed E-state index contributed by atoms with van der Waals surface area (Å²) in [6, 6.07) is 8.57. The van der Waals surface area contributed by atoms with Crippen LogP contribution in [0.3, 0.4) is 0 Å². The molecule has 0 radical (unpaired) electrons. The fraction of sp³-hybridized carbons (Fsp3) is 0.188. The zero-order valence-corrected chi connectivity index (χ0v) is 11.6. The van der Waals surface area contributed by atoms with Crippen molar-refractivity contribution < 1.29 is 23.4 Å². The third kappa shape index (κ3) is 3.33. The number of furan rings is 1. The minimum absolute atomic E-state index is 0.219. The molecule has 3 rings (SSSR count). The number of ether oxygens (including phenoxy) is 3. The number of hydrogen-bond donors (Lipinski definition) is 1. The number of nitrogens with one attached hydrogen (secondary N) is 1. The zero-order chi connectivity index (χ0) is 15.2. The largest absolute Gasteiger partial charge is 0.481 e. The van der Waals surface area contributed by atoms with Crippen molar-refractivity contribution >= 4 is 5.91 Å². The summed E-state index contributed by atoms with van der Waals surface area (Å²) in [6.45, 7) is 0.675. The summed E-state index contributed by atoms with van der Waals surface area (Å²) in [4.78, 5) is 11.5. The summed E-state index contributed by atoms with van der Waals surface area (Å²) in [5, 5.41) is 2.62. The molecule has 1 amide bonds. The van der Waals surface area contributed by atoms with Crippen molar-refractivity contribution in [3.05, 3.63) is 42.4 Å². The van der Waals surface area contributed by atoms with Crippen LogP contribution in [-0.4, -0.2) is 25.9 Å². The highest BCUT2D eigenvalue weighted by atomic mass is 16.7. The van der Waals surface area contributed by atoms with E-state index in [1.54, 1.807) is 30.3 Å². The highest BCUT2D eigenvalue weighted by Gasteiger charge is 2.13. The molecule has 6 heteroatoms. The van der Waals surface area contributed by atoms with Crippen LogP contribution in [0.2, 0.25) is 0 Å². The highest BCUT2D eigenvalue weighted by Crippen LogP contribution is 2.34. The van der Waals surface area contributed by atoms with Gasteiger partial charge in [-0.15, -0.1) is 0 Å². The molecule has 2 heterocycles. The van der Waals surface area contributed by atoms with Crippen LogP contribution >= 0.6 is 0 Å². The van der Waals surface area contributed by atoms with Gasteiger partial charge in [-0.1, -0.05) is 11.8 Å². The molecule has 0 aliphatic carbocycles. The Morgan fingerprint density at radius 2 is 2.14 bits per heavy atom. The number of benzene rings is 1. The average Bonchev–Trinajstić information content (AvgIpc) is 3.20. The van der Waals surface area contributed by atoms with Crippen LogP contribution in [0.5, 0.6) is 17.2 Å². The van der Waals surface area contributed by atoms with Gasteiger partial charge in [0.2, 0.25) is 6.79 Å². The maximum Gasteiger partial charge on any atom is 0.287 e. The Bertz CT molecular complexity index is 712. The van der Waals surface area contributed by atoms with Crippen LogP contribution in [0.4, 0.5) is 0 Å². The minimum atomic E-state index is -0.295. The van der Waals surface area contributed by atoms with Crippen molar-refractivity contribution in [3.63, 3.8) is 0 Å². The molecule has 0 fully saturated rings. The number of amides is 1. The molecule has 0 bridgehead atoms. The number of hydrogen-bond acceptors (Lipinski definition) is 5. The Morgan fingerprint density at radius 1 is 1.23 bits per heavy atom. The Morgan fingerprint density at radius 3 is 3.00 bits per heavy atom. The van der Waals surface area contributed by atoms with Crippen LogP contribution in [-0.2, 0) is 0 Å². The van der Waals surface area contributed by atoms with E-state index in [1.807, 2.05) is 0 Å². The predicted octanol–water partition coefficient (Wildman–Crippen LogP) is 1.82. The zero-order valence-electron chi connectivity index (χ0n) is 11.6. The smallest absolute Gasteiger partial charge is 0.287 e. The molecule has 1 aliphatic rings. The molecule has 0 unspecified atom stereocenters. The molecule has 1 aromatic heterocycles. The van der Waals surface area contributed by atoms with E-state index in [1.165, 1.54) is 6.26 Å². The van der Waals surface area contributed by atoms with Crippen molar-refractivity contribution in [1.29, 1.82) is 0 Å². The van der Waals surface area contributed by atoms with Crippen LogP contribution in [0, 0.1) is 11.8 Å². The summed E-state index contributed by atoms with van der Waals surface area (Å²) < 4.78 is 20.9. The van der Waals surface area contributed by atoms with Gasteiger partial charge in [0.25, 0.3) is 5.91 Å². The third-order valence-corrected chi connectivity index (χ3v) is 2.86. The topological polar surface area (TPSA) is 69.9 Å². The Kier molecular flexibility index (Phi) is 4.16. The van der Waals surface area contributed by atoms with E-state index in [9.17, 15) is 4.79 Å². The lowest BCUT2D eigenvalue weighted by Crippen LogP contribution is -2.23. The molecule has 1 aliphatic heterocycles. The van der Waals surface area contributed by atoms with Gasteiger partial charge in [0.15, 0.2) is 17.3 Å². The SMILES string of the molecule is O=C(NCC#CCOc1ccc2c(c1)OCO2)c1ccco1. The van der Waals surface area contributed by atoms with E-state index in [2.05, 4.69) is 17.2 Å². The lowest BCUT2D eigenvalue weighted by molar-refractivity contribution is 0.0931. The summed E-state index contributed by atoms with van der Waals surface area (Å²) >= 11 is 0. The predicted molar refractivity (Wildman–Crippen MR) is 76.9 cm³/mol. The first-order valence-electron chi connectivity index (χ1n) is 6.63. The Hall–Kier alpha value is -3.07. The van der Waals surface area contributed by atoms with Crippen molar-refractivity contribution in [3.8, 4) is 29.1 Å². The van der Waals surface area contributed by atoms with Crippen molar-refractivity contribution in [2.45, 2.75) is 0 Å². The molecule has 22 heavy (non-hydrogen) atoms. The van der Waals surface area contributed by atoms with Gasteiger partial charge < -0.3 is 23.9 Å². The molecule has 0 atom stereocenters. The minimum Gasteiger partial charge on any atom is -0.481 e. The molecule has 6 nitrogen and oxygen atoms in total. The summed E-state index contributed by atoms with van der Waals surface area (Å²) in [7, 11) is 0. The second-order valence-electron chi connectivity index (χ2n) is 4.32. The maximum atomic E-state index is 11.5. The van der Waals surface area contributed by atoms with Gasteiger partial charge in [-0.2, -0.15) is 0 Å². The van der Waals surface area contributed by atoms with Crippen LogP contribution in [0.25, 0.3) is 0 Å². The molecular weight excluding hydrogens is 286 g/mol. The van der Waals surface area contributed by atoms with Gasteiger partial charge >= 0.3 is 0 Å². The number of carbonyl (C=O) groups is 1. The molecule has 0 spiro atoms. The lowest BCUT2D eigenvalue weighted by atomic mass is 10.3. The van der Waals surface area contributed by atoms with Crippen LogP contribution in [0.1, 0.15) is 10.6 Å². The molecule has 1 N–H and O–H groups in total. The lowest BCUT2D eigenvalue weighted by Gasteiger charge is -2.02. The van der Waals surface area contributed by atoms with Crippen molar-refractivity contribution in [1.82, 2.24) is 5.32 Å². The van der Waals surface area contributed by atoms with Crippen molar-refractivity contribution in [2.75, 3.05) is 19.9 Å². The second kappa shape index (κ2) is 6.59. The number of fused-ring (bicyclic) bond motifs is 1. The van der Waals surface area contributed by atoms with E-state index in [0.29, 0.717) is 17.2 Å². The van der Waals surface area contributed by atoms with E-state index in [-0.39, 0.29) is 31.6 Å². The van der Waals surface area contributed by atoms with Gasteiger partial charge in [0.05, 0.1) is 12.8 Å². The number of rotatable bonds is 4. The first-order chi connectivity index (χ1) is 10.8. The molecular formula is C16H13NO5. The Labute approximate surface area is 127 Å². The maximum absolute atomic E-state index is 11.5. The van der Waals surface area contributed by atoms with Gasteiger partial charge in [-0.25, -0.2) is 0 Å². The number of carbonyl (C=O) groups excluding carboxylic acids is 1. The van der Waals surface area contributed by atoms with E-state index in [4.69, 9.17) is 18.6 Å². The molecule has 112 valence electrons. The van der Waals surface area contributed by atoms with Crippen molar-refractivity contribution in [2.24, 2.45) is 0 Å².